The minimum atomic E-state index is -0.592. The molecule has 0 rings (SSSR count). The van der Waals surface area contributed by atoms with E-state index in [0.717, 1.165) is 0 Å². The lowest BCUT2D eigenvalue weighted by atomic mass is 10.1. The van der Waals surface area contributed by atoms with E-state index in [2.05, 4.69) is 4.74 Å². The molecule has 0 heterocycles. The van der Waals surface area contributed by atoms with Gasteiger partial charge in [0.15, 0.2) is 0 Å². The summed E-state index contributed by atoms with van der Waals surface area (Å²) in [6.45, 7) is 1.84. The number of carbonyl (C=O) groups excluding carboxylic acids is 1. The van der Waals surface area contributed by atoms with Crippen molar-refractivity contribution >= 4 is 5.97 Å². The molecule has 0 aliphatic rings. The van der Waals surface area contributed by atoms with E-state index in [1.54, 1.807) is 0 Å². The summed E-state index contributed by atoms with van der Waals surface area (Å²) in [5.74, 6) is -0.453. The van der Waals surface area contributed by atoms with Gasteiger partial charge in [0.05, 0.1) is 13.2 Å². The molecule has 0 spiro atoms. The quantitative estimate of drug-likeness (QED) is 0.504. The normalized spacial score (nSPS) is 15.7. The largest absolute Gasteiger partial charge is 0.466 e. The third-order valence-electron chi connectivity index (χ3n) is 1.69. The standard InChI is InChI=1S/C9H16O4/c1-4-7(10)8(12-2)5-6-9(11)13-3/h5-8,10H,4H2,1-3H3/b6-5+/t7-,8+/m0/s1. The minimum absolute atomic E-state index is 0.453. The van der Waals surface area contributed by atoms with Crippen LogP contribution in [0.4, 0.5) is 0 Å². The molecule has 0 bridgehead atoms. The maximum Gasteiger partial charge on any atom is 0.330 e. The first-order chi connectivity index (χ1) is 6.15. The van der Waals surface area contributed by atoms with E-state index >= 15 is 0 Å². The fourth-order valence-electron chi connectivity index (χ4n) is 0.838. The number of aliphatic hydroxyl groups is 1. The van der Waals surface area contributed by atoms with Gasteiger partial charge in [0.1, 0.15) is 6.10 Å². The second-order valence-electron chi connectivity index (χ2n) is 2.56. The average molecular weight is 188 g/mol. The number of aliphatic hydroxyl groups excluding tert-OH is 1. The van der Waals surface area contributed by atoms with Crippen molar-refractivity contribution in [2.45, 2.75) is 25.6 Å². The number of rotatable bonds is 5. The Hall–Kier alpha value is -0.870. The zero-order valence-corrected chi connectivity index (χ0v) is 8.19. The van der Waals surface area contributed by atoms with Crippen LogP contribution in [0.1, 0.15) is 13.3 Å². The van der Waals surface area contributed by atoms with Crippen LogP contribution >= 0.6 is 0 Å². The third kappa shape index (κ3) is 4.65. The van der Waals surface area contributed by atoms with E-state index in [0.29, 0.717) is 6.42 Å². The Labute approximate surface area is 78.2 Å². The Balaban J connectivity index is 4.11. The van der Waals surface area contributed by atoms with Crippen molar-refractivity contribution in [3.8, 4) is 0 Å². The SMILES string of the molecule is CC[C@H](O)[C@@H](/C=C/C(=O)OC)OC. The van der Waals surface area contributed by atoms with Crippen LogP contribution in [0.25, 0.3) is 0 Å². The molecule has 0 aliphatic carbocycles. The lowest BCUT2D eigenvalue weighted by molar-refractivity contribution is -0.134. The van der Waals surface area contributed by atoms with Crippen LogP contribution in [-0.2, 0) is 14.3 Å². The molecule has 13 heavy (non-hydrogen) atoms. The van der Waals surface area contributed by atoms with Crippen LogP contribution in [0.3, 0.4) is 0 Å². The van der Waals surface area contributed by atoms with Gasteiger partial charge in [-0.1, -0.05) is 6.92 Å². The summed E-state index contributed by atoms with van der Waals surface area (Å²) in [6.07, 6.45) is 2.26. The molecule has 2 atom stereocenters. The summed E-state index contributed by atoms with van der Waals surface area (Å²) >= 11 is 0. The Morgan fingerprint density at radius 1 is 1.54 bits per heavy atom. The summed E-state index contributed by atoms with van der Waals surface area (Å²) in [5.41, 5.74) is 0. The van der Waals surface area contributed by atoms with Gasteiger partial charge in [-0.3, -0.25) is 0 Å². The second-order valence-corrected chi connectivity index (χ2v) is 2.56. The van der Waals surface area contributed by atoms with E-state index in [4.69, 9.17) is 4.74 Å². The highest BCUT2D eigenvalue weighted by molar-refractivity contribution is 5.81. The molecule has 0 aliphatic heterocycles. The lowest BCUT2D eigenvalue weighted by Gasteiger charge is -2.15. The molecule has 0 fully saturated rings. The first-order valence-corrected chi connectivity index (χ1v) is 4.12. The van der Waals surface area contributed by atoms with Crippen molar-refractivity contribution in [1.29, 1.82) is 0 Å². The van der Waals surface area contributed by atoms with Gasteiger partial charge in [-0.05, 0) is 12.5 Å². The molecular weight excluding hydrogens is 172 g/mol. The number of methoxy groups -OCH3 is 2. The van der Waals surface area contributed by atoms with Gasteiger partial charge in [-0.25, -0.2) is 4.79 Å². The van der Waals surface area contributed by atoms with Crippen molar-refractivity contribution in [3.63, 3.8) is 0 Å². The van der Waals surface area contributed by atoms with Crippen LogP contribution < -0.4 is 0 Å². The zero-order valence-electron chi connectivity index (χ0n) is 8.19. The molecule has 0 amide bonds. The van der Waals surface area contributed by atoms with E-state index < -0.39 is 18.2 Å². The fraction of sp³-hybridized carbons (Fsp3) is 0.667. The highest BCUT2D eigenvalue weighted by Crippen LogP contribution is 2.03. The Kier molecular flexibility index (Phi) is 6.18. The smallest absolute Gasteiger partial charge is 0.330 e. The van der Waals surface area contributed by atoms with Crippen LogP contribution in [0, 0.1) is 0 Å². The number of hydrogen-bond acceptors (Lipinski definition) is 4. The fourth-order valence-corrected chi connectivity index (χ4v) is 0.838. The van der Waals surface area contributed by atoms with Gasteiger partial charge in [-0.15, -0.1) is 0 Å². The van der Waals surface area contributed by atoms with Crippen molar-refractivity contribution < 1.29 is 19.4 Å². The molecule has 4 nitrogen and oxygen atoms in total. The van der Waals surface area contributed by atoms with E-state index in [9.17, 15) is 9.90 Å². The molecule has 0 radical (unpaired) electrons. The molecule has 4 heteroatoms. The van der Waals surface area contributed by atoms with Gasteiger partial charge < -0.3 is 14.6 Å². The number of hydrogen-bond donors (Lipinski definition) is 1. The third-order valence-corrected chi connectivity index (χ3v) is 1.69. The van der Waals surface area contributed by atoms with Gasteiger partial charge in [0.25, 0.3) is 0 Å². The molecule has 0 unspecified atom stereocenters. The van der Waals surface area contributed by atoms with Crippen molar-refractivity contribution in [1.82, 2.24) is 0 Å². The first-order valence-electron chi connectivity index (χ1n) is 4.12. The Morgan fingerprint density at radius 2 is 2.15 bits per heavy atom. The molecule has 76 valence electrons. The van der Waals surface area contributed by atoms with Gasteiger partial charge in [0.2, 0.25) is 0 Å². The summed E-state index contributed by atoms with van der Waals surface area (Å²) in [6, 6.07) is 0. The highest BCUT2D eigenvalue weighted by atomic mass is 16.5. The van der Waals surface area contributed by atoms with E-state index in [-0.39, 0.29) is 0 Å². The van der Waals surface area contributed by atoms with Crippen molar-refractivity contribution in [2.75, 3.05) is 14.2 Å². The maximum absolute atomic E-state index is 10.7. The summed E-state index contributed by atoms with van der Waals surface area (Å²) in [7, 11) is 2.77. The molecule has 0 saturated carbocycles. The topological polar surface area (TPSA) is 55.8 Å². The van der Waals surface area contributed by atoms with Crippen molar-refractivity contribution in [3.05, 3.63) is 12.2 Å². The molecule has 0 saturated heterocycles. The second kappa shape index (κ2) is 6.62. The molecular formula is C9H16O4. The maximum atomic E-state index is 10.7. The average Bonchev–Trinajstić information content (AvgIpc) is 2.17. The van der Waals surface area contributed by atoms with E-state index in [1.165, 1.54) is 26.4 Å². The lowest BCUT2D eigenvalue weighted by Crippen LogP contribution is -2.25. The minimum Gasteiger partial charge on any atom is -0.466 e. The zero-order chi connectivity index (χ0) is 10.3. The Morgan fingerprint density at radius 3 is 2.54 bits per heavy atom. The predicted molar refractivity (Wildman–Crippen MR) is 48.3 cm³/mol. The monoisotopic (exact) mass is 188 g/mol. The number of ether oxygens (including phenoxy) is 2. The first kappa shape index (κ1) is 12.1. The predicted octanol–water partition coefficient (Wildman–Crippen LogP) is 0.501. The number of carbonyl (C=O) groups is 1. The number of esters is 1. The summed E-state index contributed by atoms with van der Waals surface area (Å²) in [4.78, 5) is 10.7. The molecule has 0 aromatic rings. The molecule has 0 aromatic carbocycles. The van der Waals surface area contributed by atoms with Gasteiger partial charge in [-0.2, -0.15) is 0 Å². The summed E-state index contributed by atoms with van der Waals surface area (Å²) in [5, 5.41) is 9.37. The molecule has 1 N–H and O–H groups in total. The Bertz CT molecular complexity index is 176. The van der Waals surface area contributed by atoms with Crippen LogP contribution in [-0.4, -0.2) is 37.5 Å². The van der Waals surface area contributed by atoms with Gasteiger partial charge in [0, 0.05) is 13.2 Å². The van der Waals surface area contributed by atoms with Crippen molar-refractivity contribution in [2.24, 2.45) is 0 Å². The van der Waals surface area contributed by atoms with Gasteiger partial charge >= 0.3 is 5.97 Å². The van der Waals surface area contributed by atoms with Crippen LogP contribution in [0.15, 0.2) is 12.2 Å². The van der Waals surface area contributed by atoms with E-state index in [1.807, 2.05) is 6.92 Å². The summed E-state index contributed by atoms with van der Waals surface area (Å²) < 4.78 is 9.35. The van der Waals surface area contributed by atoms with Crippen LogP contribution in [0.5, 0.6) is 0 Å². The molecule has 0 aromatic heterocycles. The van der Waals surface area contributed by atoms with Crippen LogP contribution in [0.2, 0.25) is 0 Å². The highest BCUT2D eigenvalue weighted by Gasteiger charge is 2.13.